The fourth-order valence-corrected chi connectivity index (χ4v) is 5.02. The summed E-state index contributed by atoms with van der Waals surface area (Å²) < 4.78 is 0. The molecule has 1 amide bonds. The van der Waals surface area contributed by atoms with Crippen molar-refractivity contribution in [2.75, 3.05) is 31.1 Å². The zero-order chi connectivity index (χ0) is 19.3. The number of rotatable bonds is 6. The molecule has 0 bridgehead atoms. The molecule has 2 saturated heterocycles. The Labute approximate surface area is 170 Å². The summed E-state index contributed by atoms with van der Waals surface area (Å²) in [6.45, 7) is 4.00. The van der Waals surface area contributed by atoms with Crippen molar-refractivity contribution in [1.29, 1.82) is 0 Å². The first-order chi connectivity index (χ1) is 13.7. The van der Waals surface area contributed by atoms with Gasteiger partial charge >= 0.3 is 0 Å². The van der Waals surface area contributed by atoms with Crippen LogP contribution in [0.2, 0.25) is 0 Å². The number of anilines is 1. The number of hydrogen-bond acceptors (Lipinski definition) is 6. The van der Waals surface area contributed by atoms with E-state index in [0.29, 0.717) is 5.69 Å². The minimum atomic E-state index is -0.0799. The third-order valence-corrected chi connectivity index (χ3v) is 6.61. The molecule has 2 N–H and O–H groups in total. The van der Waals surface area contributed by atoms with Crippen molar-refractivity contribution in [2.45, 2.75) is 44.3 Å². The molecule has 2 aromatic rings. The lowest BCUT2D eigenvalue weighted by molar-refractivity contribution is 0.0904. The van der Waals surface area contributed by atoms with Crippen molar-refractivity contribution >= 4 is 22.4 Å². The van der Waals surface area contributed by atoms with Gasteiger partial charge in [0.1, 0.15) is 5.69 Å². The molecule has 150 valence electrons. The SMILES string of the molecule is O=C(NC1CCN(Cc2ccccc2)CC1)c1csc(N2CCCC2CO)n1. The van der Waals surface area contributed by atoms with Gasteiger partial charge in [-0.05, 0) is 31.2 Å². The van der Waals surface area contributed by atoms with Gasteiger partial charge in [-0.1, -0.05) is 30.3 Å². The van der Waals surface area contributed by atoms with Crippen molar-refractivity contribution < 1.29 is 9.90 Å². The van der Waals surface area contributed by atoms with E-state index < -0.39 is 0 Å². The van der Waals surface area contributed by atoms with Crippen LogP contribution in [0.4, 0.5) is 5.13 Å². The first-order valence-corrected chi connectivity index (χ1v) is 11.0. The number of aliphatic hydroxyl groups excluding tert-OH is 1. The lowest BCUT2D eigenvalue weighted by atomic mass is 10.0. The molecule has 0 aliphatic carbocycles. The Morgan fingerprint density at radius 3 is 2.71 bits per heavy atom. The van der Waals surface area contributed by atoms with Crippen LogP contribution < -0.4 is 10.2 Å². The third kappa shape index (κ3) is 4.54. The normalized spacial score (nSPS) is 21.2. The van der Waals surface area contributed by atoms with Gasteiger partial charge in [-0.25, -0.2) is 4.98 Å². The van der Waals surface area contributed by atoms with Crippen molar-refractivity contribution in [3.05, 3.63) is 47.0 Å². The van der Waals surface area contributed by atoms with E-state index >= 15 is 0 Å². The number of aliphatic hydroxyl groups is 1. The van der Waals surface area contributed by atoms with Crippen LogP contribution in [0.5, 0.6) is 0 Å². The number of benzene rings is 1. The summed E-state index contributed by atoms with van der Waals surface area (Å²) in [6, 6.07) is 10.9. The van der Waals surface area contributed by atoms with Crippen molar-refractivity contribution in [3.8, 4) is 0 Å². The lowest BCUT2D eigenvalue weighted by Crippen LogP contribution is -2.44. The first kappa shape index (κ1) is 19.4. The second-order valence-electron chi connectivity index (χ2n) is 7.70. The summed E-state index contributed by atoms with van der Waals surface area (Å²) in [4.78, 5) is 21.7. The van der Waals surface area contributed by atoms with E-state index in [9.17, 15) is 9.90 Å². The first-order valence-electron chi connectivity index (χ1n) is 10.1. The second kappa shape index (κ2) is 9.03. The summed E-state index contributed by atoms with van der Waals surface area (Å²) in [5, 5.41) is 15.3. The van der Waals surface area contributed by atoms with Crippen LogP contribution in [0.1, 0.15) is 41.7 Å². The van der Waals surface area contributed by atoms with Crippen molar-refractivity contribution in [1.82, 2.24) is 15.2 Å². The second-order valence-corrected chi connectivity index (χ2v) is 8.53. The number of nitrogens with zero attached hydrogens (tertiary/aromatic N) is 3. The zero-order valence-corrected chi connectivity index (χ0v) is 16.9. The van der Waals surface area contributed by atoms with Crippen LogP contribution in [-0.4, -0.2) is 59.2 Å². The van der Waals surface area contributed by atoms with E-state index in [4.69, 9.17) is 0 Å². The Kier molecular flexibility index (Phi) is 6.24. The highest BCUT2D eigenvalue weighted by Crippen LogP contribution is 2.28. The molecule has 2 fully saturated rings. The predicted octanol–water partition coefficient (Wildman–Crippen LogP) is 2.50. The molecule has 1 aromatic carbocycles. The minimum Gasteiger partial charge on any atom is -0.394 e. The number of carbonyl (C=O) groups is 1. The van der Waals surface area contributed by atoms with E-state index in [0.717, 1.165) is 57.0 Å². The third-order valence-electron chi connectivity index (χ3n) is 5.73. The van der Waals surface area contributed by atoms with Gasteiger partial charge in [-0.15, -0.1) is 11.3 Å². The minimum absolute atomic E-state index is 0.0799. The largest absolute Gasteiger partial charge is 0.394 e. The molecule has 1 atom stereocenters. The fraction of sp³-hybridized carbons (Fsp3) is 0.524. The van der Waals surface area contributed by atoms with Gasteiger partial charge < -0.3 is 15.3 Å². The maximum atomic E-state index is 12.6. The van der Waals surface area contributed by atoms with E-state index in [1.54, 1.807) is 0 Å². The summed E-state index contributed by atoms with van der Waals surface area (Å²) in [5.41, 5.74) is 1.83. The van der Waals surface area contributed by atoms with E-state index in [1.165, 1.54) is 16.9 Å². The predicted molar refractivity (Wildman–Crippen MR) is 112 cm³/mol. The maximum Gasteiger partial charge on any atom is 0.271 e. The standard InChI is InChI=1S/C21H28N4O2S/c26-14-18-7-4-10-25(18)21-23-19(15-28-21)20(27)22-17-8-11-24(12-9-17)13-16-5-2-1-3-6-16/h1-3,5-6,15,17-18,26H,4,7-14H2,(H,22,27). The topological polar surface area (TPSA) is 68.7 Å². The van der Waals surface area contributed by atoms with Gasteiger partial charge in [0.05, 0.1) is 12.6 Å². The number of amides is 1. The highest BCUT2D eigenvalue weighted by Gasteiger charge is 2.27. The molecule has 4 rings (SSSR count). The maximum absolute atomic E-state index is 12.6. The molecular formula is C21H28N4O2S. The van der Waals surface area contributed by atoms with Gasteiger partial charge in [0.15, 0.2) is 5.13 Å². The van der Waals surface area contributed by atoms with Crippen molar-refractivity contribution in [2.24, 2.45) is 0 Å². The molecule has 3 heterocycles. The molecule has 0 spiro atoms. The highest BCUT2D eigenvalue weighted by molar-refractivity contribution is 7.14. The highest BCUT2D eigenvalue weighted by atomic mass is 32.1. The number of piperidine rings is 1. The van der Waals surface area contributed by atoms with Crippen LogP contribution in [-0.2, 0) is 6.54 Å². The molecule has 2 aliphatic heterocycles. The quantitative estimate of drug-likeness (QED) is 0.780. The molecule has 6 nitrogen and oxygen atoms in total. The van der Waals surface area contributed by atoms with E-state index in [-0.39, 0.29) is 24.6 Å². The zero-order valence-electron chi connectivity index (χ0n) is 16.1. The Hall–Kier alpha value is -1.96. The number of hydrogen-bond donors (Lipinski definition) is 2. The van der Waals surface area contributed by atoms with E-state index in [1.807, 2.05) is 11.4 Å². The molecule has 28 heavy (non-hydrogen) atoms. The number of carbonyl (C=O) groups excluding carboxylic acids is 1. The Morgan fingerprint density at radius 2 is 1.96 bits per heavy atom. The summed E-state index contributed by atoms with van der Waals surface area (Å²) in [7, 11) is 0. The average Bonchev–Trinajstić information content (AvgIpc) is 3.39. The van der Waals surface area contributed by atoms with Gasteiger partial charge in [-0.3, -0.25) is 9.69 Å². The number of nitrogens with one attached hydrogen (secondary N) is 1. The molecule has 1 aromatic heterocycles. The number of likely N-dealkylation sites (tertiary alicyclic amines) is 1. The molecule has 2 aliphatic rings. The Bertz CT molecular complexity index is 774. The van der Waals surface area contributed by atoms with Crippen LogP contribution >= 0.6 is 11.3 Å². The smallest absolute Gasteiger partial charge is 0.271 e. The Balaban J connectivity index is 1.27. The molecule has 1 unspecified atom stereocenters. The van der Waals surface area contributed by atoms with Gasteiger partial charge in [-0.2, -0.15) is 0 Å². The fourth-order valence-electron chi connectivity index (χ4n) is 4.11. The molecule has 0 saturated carbocycles. The van der Waals surface area contributed by atoms with Crippen LogP contribution in [0.3, 0.4) is 0 Å². The summed E-state index contributed by atoms with van der Waals surface area (Å²) >= 11 is 1.49. The lowest BCUT2D eigenvalue weighted by Gasteiger charge is -2.32. The Morgan fingerprint density at radius 1 is 1.18 bits per heavy atom. The molecular weight excluding hydrogens is 372 g/mol. The molecule has 7 heteroatoms. The van der Waals surface area contributed by atoms with Crippen LogP contribution in [0.25, 0.3) is 0 Å². The van der Waals surface area contributed by atoms with Gasteiger partial charge in [0.2, 0.25) is 0 Å². The van der Waals surface area contributed by atoms with E-state index in [2.05, 4.69) is 44.4 Å². The molecule has 0 radical (unpaired) electrons. The number of aromatic nitrogens is 1. The summed E-state index contributed by atoms with van der Waals surface area (Å²) in [6.07, 6.45) is 3.98. The van der Waals surface area contributed by atoms with Gasteiger partial charge in [0.25, 0.3) is 5.91 Å². The van der Waals surface area contributed by atoms with Gasteiger partial charge in [0, 0.05) is 37.6 Å². The summed E-state index contributed by atoms with van der Waals surface area (Å²) in [5.74, 6) is -0.0799. The van der Waals surface area contributed by atoms with Crippen LogP contribution in [0.15, 0.2) is 35.7 Å². The number of thiazole rings is 1. The van der Waals surface area contributed by atoms with Crippen molar-refractivity contribution in [3.63, 3.8) is 0 Å². The van der Waals surface area contributed by atoms with Crippen LogP contribution in [0, 0.1) is 0 Å². The average molecular weight is 401 g/mol. The monoisotopic (exact) mass is 400 g/mol.